The second kappa shape index (κ2) is 5.61. The van der Waals surface area contributed by atoms with Crippen LogP contribution in [0.5, 0.6) is 0 Å². The molecule has 21 heavy (non-hydrogen) atoms. The number of anilines is 1. The van der Waals surface area contributed by atoms with E-state index in [1.54, 1.807) is 0 Å². The molecule has 0 fully saturated rings. The van der Waals surface area contributed by atoms with Crippen molar-refractivity contribution in [3.8, 4) is 0 Å². The molecule has 0 aliphatic heterocycles. The first kappa shape index (κ1) is 15.1. The molecule has 1 heterocycles. The molecule has 8 heteroatoms. The molecule has 0 radical (unpaired) electrons. The normalized spacial score (nSPS) is 11.2. The number of H-pyrrole nitrogens is 1. The standard InChI is InChI=1S/C13H8ClF3N2O2/c14-7-1-2-10(9(5-7)13(15,16)17)19-12(21)8-6-18-4-3-11(8)20/h1-6H,(H,18,20)(H,19,21). The number of carbonyl (C=O) groups excluding carboxylic acids is 1. The Hall–Kier alpha value is -2.28. The van der Waals surface area contributed by atoms with Crippen molar-refractivity contribution < 1.29 is 18.0 Å². The summed E-state index contributed by atoms with van der Waals surface area (Å²) in [6.45, 7) is 0. The Labute approximate surface area is 121 Å². The van der Waals surface area contributed by atoms with Crippen molar-refractivity contribution in [2.24, 2.45) is 0 Å². The molecule has 1 aromatic carbocycles. The zero-order valence-electron chi connectivity index (χ0n) is 10.3. The van der Waals surface area contributed by atoms with E-state index in [2.05, 4.69) is 10.3 Å². The van der Waals surface area contributed by atoms with Crippen molar-refractivity contribution in [1.29, 1.82) is 0 Å². The fourth-order valence-corrected chi connectivity index (χ4v) is 1.82. The monoisotopic (exact) mass is 316 g/mol. The lowest BCUT2D eigenvalue weighted by molar-refractivity contribution is -0.136. The summed E-state index contributed by atoms with van der Waals surface area (Å²) < 4.78 is 38.6. The van der Waals surface area contributed by atoms with Gasteiger partial charge in [-0.15, -0.1) is 0 Å². The summed E-state index contributed by atoms with van der Waals surface area (Å²) in [7, 11) is 0. The highest BCUT2D eigenvalue weighted by Crippen LogP contribution is 2.36. The van der Waals surface area contributed by atoms with Gasteiger partial charge in [0.05, 0.1) is 11.3 Å². The first-order valence-corrected chi connectivity index (χ1v) is 6.02. The highest BCUT2D eigenvalue weighted by atomic mass is 35.5. The quantitative estimate of drug-likeness (QED) is 0.893. The largest absolute Gasteiger partial charge is 0.418 e. The van der Waals surface area contributed by atoms with Gasteiger partial charge in [0.25, 0.3) is 5.91 Å². The van der Waals surface area contributed by atoms with Gasteiger partial charge in [0.1, 0.15) is 5.56 Å². The van der Waals surface area contributed by atoms with Crippen molar-refractivity contribution in [2.45, 2.75) is 6.18 Å². The molecule has 0 aliphatic carbocycles. The molecule has 0 unspecified atom stereocenters. The molecule has 2 rings (SSSR count). The molecule has 0 saturated carbocycles. The summed E-state index contributed by atoms with van der Waals surface area (Å²) in [5, 5.41) is 1.95. The lowest BCUT2D eigenvalue weighted by atomic mass is 10.1. The average molecular weight is 317 g/mol. The Balaban J connectivity index is 2.39. The maximum Gasteiger partial charge on any atom is 0.418 e. The van der Waals surface area contributed by atoms with Gasteiger partial charge in [-0.2, -0.15) is 13.2 Å². The van der Waals surface area contributed by atoms with E-state index in [1.807, 2.05) is 0 Å². The molecule has 2 aromatic rings. The number of aromatic nitrogens is 1. The minimum absolute atomic E-state index is 0.113. The minimum atomic E-state index is -4.68. The molecule has 1 aromatic heterocycles. The van der Waals surface area contributed by atoms with Crippen LogP contribution in [-0.2, 0) is 6.18 Å². The summed E-state index contributed by atoms with van der Waals surface area (Å²) in [5.74, 6) is -0.940. The SMILES string of the molecule is O=C(Nc1ccc(Cl)cc1C(F)(F)F)c1c[nH]ccc1=O. The smallest absolute Gasteiger partial charge is 0.367 e. The minimum Gasteiger partial charge on any atom is -0.367 e. The number of carbonyl (C=O) groups is 1. The third-order valence-corrected chi connectivity index (χ3v) is 2.84. The van der Waals surface area contributed by atoms with Crippen LogP contribution < -0.4 is 10.7 Å². The number of hydrogen-bond acceptors (Lipinski definition) is 2. The second-order valence-electron chi connectivity index (χ2n) is 4.06. The molecule has 1 amide bonds. The van der Waals surface area contributed by atoms with E-state index in [-0.39, 0.29) is 10.6 Å². The van der Waals surface area contributed by atoms with Crippen LogP contribution in [0.25, 0.3) is 0 Å². The van der Waals surface area contributed by atoms with E-state index in [0.717, 1.165) is 18.3 Å². The third kappa shape index (κ3) is 3.43. The molecule has 4 nitrogen and oxygen atoms in total. The van der Waals surface area contributed by atoms with Gasteiger partial charge in [0.15, 0.2) is 5.43 Å². The Morgan fingerprint density at radius 1 is 1.24 bits per heavy atom. The Morgan fingerprint density at radius 3 is 2.57 bits per heavy atom. The molecule has 110 valence electrons. The summed E-state index contributed by atoms with van der Waals surface area (Å²) >= 11 is 5.53. The Morgan fingerprint density at radius 2 is 1.95 bits per heavy atom. The van der Waals surface area contributed by atoms with Crippen LogP contribution in [0.2, 0.25) is 5.02 Å². The highest BCUT2D eigenvalue weighted by Gasteiger charge is 2.34. The van der Waals surface area contributed by atoms with Crippen LogP contribution in [0.1, 0.15) is 15.9 Å². The molecule has 2 N–H and O–H groups in total. The lowest BCUT2D eigenvalue weighted by Gasteiger charge is -2.14. The van der Waals surface area contributed by atoms with Crippen LogP contribution in [0.3, 0.4) is 0 Å². The highest BCUT2D eigenvalue weighted by molar-refractivity contribution is 6.30. The van der Waals surface area contributed by atoms with E-state index in [1.165, 1.54) is 12.3 Å². The van der Waals surface area contributed by atoms with Gasteiger partial charge in [0, 0.05) is 23.5 Å². The number of hydrogen-bond donors (Lipinski definition) is 2. The third-order valence-electron chi connectivity index (χ3n) is 2.60. The van der Waals surface area contributed by atoms with Crippen LogP contribution in [0.15, 0.2) is 41.5 Å². The molecule has 0 bridgehead atoms. The number of amides is 1. The van der Waals surface area contributed by atoms with Crippen molar-refractivity contribution >= 4 is 23.2 Å². The van der Waals surface area contributed by atoms with E-state index in [9.17, 15) is 22.8 Å². The molecule has 0 saturated heterocycles. The van der Waals surface area contributed by atoms with E-state index in [4.69, 9.17) is 11.6 Å². The summed E-state index contributed by atoms with van der Waals surface area (Å²) in [6, 6.07) is 4.04. The van der Waals surface area contributed by atoms with Gasteiger partial charge < -0.3 is 10.3 Å². The Bertz CT molecular complexity index is 741. The van der Waals surface area contributed by atoms with Crippen molar-refractivity contribution in [3.05, 3.63) is 63.0 Å². The maximum absolute atomic E-state index is 12.9. The summed E-state index contributed by atoms with van der Waals surface area (Å²) in [6.07, 6.45) is -2.26. The van der Waals surface area contributed by atoms with Gasteiger partial charge in [-0.3, -0.25) is 9.59 Å². The van der Waals surface area contributed by atoms with E-state index < -0.39 is 28.8 Å². The van der Waals surface area contributed by atoms with Gasteiger partial charge in [-0.25, -0.2) is 0 Å². The van der Waals surface area contributed by atoms with Crippen molar-refractivity contribution in [3.63, 3.8) is 0 Å². The van der Waals surface area contributed by atoms with Crippen LogP contribution in [-0.4, -0.2) is 10.9 Å². The molecular weight excluding hydrogens is 309 g/mol. The Kier molecular flexibility index (Phi) is 4.04. The van der Waals surface area contributed by atoms with Crippen molar-refractivity contribution in [2.75, 3.05) is 5.32 Å². The van der Waals surface area contributed by atoms with Crippen LogP contribution in [0.4, 0.5) is 18.9 Å². The van der Waals surface area contributed by atoms with Gasteiger partial charge >= 0.3 is 6.18 Å². The number of pyridine rings is 1. The van der Waals surface area contributed by atoms with Crippen LogP contribution in [0, 0.1) is 0 Å². The average Bonchev–Trinajstić information content (AvgIpc) is 2.40. The van der Waals surface area contributed by atoms with Gasteiger partial charge in [-0.1, -0.05) is 11.6 Å². The number of halogens is 4. The number of nitrogens with one attached hydrogen (secondary N) is 2. The van der Waals surface area contributed by atoms with Gasteiger partial charge in [0.2, 0.25) is 0 Å². The number of alkyl halides is 3. The molecule has 0 atom stereocenters. The number of benzene rings is 1. The first-order chi connectivity index (χ1) is 9.79. The van der Waals surface area contributed by atoms with E-state index in [0.29, 0.717) is 6.07 Å². The van der Waals surface area contributed by atoms with E-state index >= 15 is 0 Å². The topological polar surface area (TPSA) is 62.0 Å². The predicted octanol–water partition coefficient (Wildman–Crippen LogP) is 3.30. The van der Waals surface area contributed by atoms with Crippen molar-refractivity contribution in [1.82, 2.24) is 4.98 Å². The predicted molar refractivity (Wildman–Crippen MR) is 71.5 cm³/mol. The lowest BCUT2D eigenvalue weighted by Crippen LogP contribution is -2.22. The zero-order valence-corrected chi connectivity index (χ0v) is 11.0. The van der Waals surface area contributed by atoms with Crippen LogP contribution >= 0.6 is 11.6 Å². The fraction of sp³-hybridized carbons (Fsp3) is 0.0769. The zero-order chi connectivity index (χ0) is 15.6. The molecule has 0 aliphatic rings. The maximum atomic E-state index is 12.9. The molecular formula is C13H8ClF3N2O2. The second-order valence-corrected chi connectivity index (χ2v) is 4.50. The number of aromatic amines is 1. The fourth-order valence-electron chi connectivity index (χ4n) is 1.64. The summed E-state index contributed by atoms with van der Waals surface area (Å²) in [5.41, 5.74) is -2.45. The molecule has 0 spiro atoms. The first-order valence-electron chi connectivity index (χ1n) is 5.64. The van der Waals surface area contributed by atoms with Gasteiger partial charge in [-0.05, 0) is 18.2 Å². The summed E-state index contributed by atoms with van der Waals surface area (Å²) in [4.78, 5) is 25.8. The number of rotatable bonds is 2.